The molecule has 0 spiro atoms. The van der Waals surface area contributed by atoms with Gasteiger partial charge in [0, 0.05) is 38.3 Å². The summed E-state index contributed by atoms with van der Waals surface area (Å²) < 4.78 is 10.4. The van der Waals surface area contributed by atoms with Crippen LogP contribution < -0.4 is 0 Å². The second-order valence-electron chi connectivity index (χ2n) is 17.2. The summed E-state index contributed by atoms with van der Waals surface area (Å²) in [7, 11) is 0. The van der Waals surface area contributed by atoms with Gasteiger partial charge >= 0.3 is 11.9 Å². The normalized spacial score (nSPS) is 14.9. The minimum absolute atomic E-state index is 0.0418. The SMILES string of the molecule is CCOC(=O)C1CCN(C(=O)C=Cc2ccc(Sc3ccc(C=CC(=O)N4CCC(C(=O)OCC)CC4)c(-c4ccccc4C(C)C)c3[N+](=O)[O-])c([N+](=O)[O-])c2-c2ccccc2C(C)C)CC1. The molecule has 0 unspecified atom stereocenters. The number of hydrogen-bond donors (Lipinski definition) is 0. The Morgan fingerprint density at radius 1 is 0.612 bits per heavy atom. The smallest absolute Gasteiger partial charge is 0.309 e. The third-order valence-electron chi connectivity index (χ3n) is 12.3. The molecule has 352 valence electrons. The molecule has 2 amide bonds. The molecular formula is C52H58N4O10S. The van der Waals surface area contributed by atoms with Crippen LogP contribution in [0.25, 0.3) is 34.4 Å². The van der Waals surface area contributed by atoms with Crippen molar-refractivity contribution in [1.82, 2.24) is 9.80 Å². The number of nitrogens with zero attached hydrogens (tertiary/aromatic N) is 4. The number of piperidine rings is 2. The number of ether oxygens (including phenoxy) is 2. The Hall–Kier alpha value is -6.61. The highest BCUT2D eigenvalue weighted by molar-refractivity contribution is 7.99. The maximum absolute atomic E-state index is 13.6. The number of carbonyl (C=O) groups excluding carboxylic acids is 4. The summed E-state index contributed by atoms with van der Waals surface area (Å²) in [5.41, 5.74) is 3.65. The highest BCUT2D eigenvalue weighted by Gasteiger charge is 2.33. The zero-order valence-electron chi connectivity index (χ0n) is 38.9. The molecule has 6 rings (SSSR count). The van der Waals surface area contributed by atoms with Crippen LogP contribution in [0.4, 0.5) is 11.4 Å². The third-order valence-corrected chi connectivity index (χ3v) is 13.4. The zero-order valence-corrected chi connectivity index (χ0v) is 39.7. The molecule has 0 aromatic heterocycles. The van der Waals surface area contributed by atoms with E-state index in [9.17, 15) is 39.4 Å². The van der Waals surface area contributed by atoms with Gasteiger partial charge in [-0.25, -0.2) is 0 Å². The minimum atomic E-state index is -0.479. The van der Waals surface area contributed by atoms with Gasteiger partial charge in [0.15, 0.2) is 0 Å². The zero-order chi connectivity index (χ0) is 48.4. The van der Waals surface area contributed by atoms with E-state index in [1.54, 1.807) is 84.3 Å². The molecule has 2 aliphatic rings. The molecule has 4 aromatic carbocycles. The first kappa shape index (κ1) is 49.8. The lowest BCUT2D eigenvalue weighted by Gasteiger charge is -2.30. The van der Waals surface area contributed by atoms with Crippen LogP contribution in [0.2, 0.25) is 0 Å². The van der Waals surface area contributed by atoms with Gasteiger partial charge in [-0.1, -0.05) is 100 Å². The highest BCUT2D eigenvalue weighted by Crippen LogP contribution is 2.50. The van der Waals surface area contributed by atoms with E-state index < -0.39 is 9.85 Å². The molecule has 4 aromatic rings. The Morgan fingerprint density at radius 2 is 0.970 bits per heavy atom. The maximum Gasteiger partial charge on any atom is 0.309 e. The maximum atomic E-state index is 13.6. The number of benzene rings is 4. The highest BCUT2D eigenvalue weighted by atomic mass is 32.2. The second-order valence-corrected chi connectivity index (χ2v) is 18.3. The molecule has 2 aliphatic heterocycles. The van der Waals surface area contributed by atoms with Gasteiger partial charge in [0.05, 0.1) is 55.8 Å². The number of nitro groups is 2. The van der Waals surface area contributed by atoms with Gasteiger partial charge in [0.25, 0.3) is 11.4 Å². The third kappa shape index (κ3) is 11.7. The monoisotopic (exact) mass is 930 g/mol. The Balaban J connectivity index is 1.43. The Bertz CT molecular complexity index is 2400. The molecule has 0 aliphatic carbocycles. The molecule has 2 fully saturated rings. The fraction of sp³-hybridized carbons (Fsp3) is 0.385. The Labute approximate surface area is 395 Å². The molecule has 0 radical (unpaired) electrons. The van der Waals surface area contributed by atoms with Gasteiger partial charge in [0.1, 0.15) is 0 Å². The number of rotatable bonds is 16. The number of amides is 2. The van der Waals surface area contributed by atoms with E-state index in [1.807, 2.05) is 52.0 Å². The van der Waals surface area contributed by atoms with Gasteiger partial charge in [-0.15, -0.1) is 0 Å². The van der Waals surface area contributed by atoms with E-state index in [0.29, 0.717) is 74.1 Å². The van der Waals surface area contributed by atoms with Crippen LogP contribution in [0.3, 0.4) is 0 Å². The van der Waals surface area contributed by atoms with E-state index in [-0.39, 0.29) is 92.9 Å². The molecule has 67 heavy (non-hydrogen) atoms. The predicted molar refractivity (Wildman–Crippen MR) is 259 cm³/mol. The number of esters is 2. The van der Waals surface area contributed by atoms with Crippen LogP contribution in [-0.2, 0) is 28.7 Å². The summed E-state index contributed by atoms with van der Waals surface area (Å²) in [5.74, 6) is -1.80. The van der Waals surface area contributed by atoms with Crippen molar-refractivity contribution in [3.63, 3.8) is 0 Å². The average Bonchev–Trinajstić information content (AvgIpc) is 3.32. The van der Waals surface area contributed by atoms with Crippen molar-refractivity contribution in [2.24, 2.45) is 11.8 Å². The minimum Gasteiger partial charge on any atom is -0.466 e. The molecule has 14 nitrogen and oxygen atoms in total. The van der Waals surface area contributed by atoms with Crippen LogP contribution in [0.15, 0.2) is 94.7 Å². The van der Waals surface area contributed by atoms with E-state index in [2.05, 4.69) is 0 Å². The van der Waals surface area contributed by atoms with E-state index >= 15 is 0 Å². The van der Waals surface area contributed by atoms with E-state index in [0.717, 1.165) is 22.9 Å². The van der Waals surface area contributed by atoms with E-state index in [4.69, 9.17) is 9.47 Å². The van der Waals surface area contributed by atoms with Gasteiger partial charge < -0.3 is 19.3 Å². The summed E-state index contributed by atoms with van der Waals surface area (Å²) in [5, 5.41) is 26.9. The number of likely N-dealkylation sites (tertiary alicyclic amines) is 2. The van der Waals surface area contributed by atoms with Crippen LogP contribution in [0.1, 0.15) is 101 Å². The van der Waals surface area contributed by atoms with Crippen molar-refractivity contribution in [2.45, 2.75) is 88.9 Å². The van der Waals surface area contributed by atoms with Gasteiger partial charge in [-0.3, -0.25) is 39.4 Å². The first-order valence-corrected chi connectivity index (χ1v) is 23.7. The Kier molecular flexibility index (Phi) is 16.9. The van der Waals surface area contributed by atoms with Crippen LogP contribution in [0, 0.1) is 32.1 Å². The first-order valence-electron chi connectivity index (χ1n) is 22.9. The standard InChI is InChI=1S/C52H58N4O10S/c1-7-65-51(59)37-25-29-53(30-26-37)45(57)23-19-35-17-21-43(49(55(61)62)47(35)41-15-11-9-13-39(41)33(3)4)67-44-22-18-36(20-24-46(58)54-31-27-38(28-32-54)52(60)66-8-2)48(50(44)56(63)64)42-16-12-10-14-40(42)34(5)6/h9-24,33-34,37-38H,7-8,25-32H2,1-6H3. The van der Waals surface area contributed by atoms with E-state index in [1.165, 1.54) is 12.2 Å². The summed E-state index contributed by atoms with van der Waals surface area (Å²) in [6.45, 7) is 13.4. The van der Waals surface area contributed by atoms with Crippen LogP contribution in [-0.4, -0.2) is 82.8 Å². The average molecular weight is 931 g/mol. The lowest BCUT2D eigenvalue weighted by molar-refractivity contribution is -0.387. The summed E-state index contributed by atoms with van der Waals surface area (Å²) in [6.07, 6.45) is 7.79. The van der Waals surface area contributed by atoms with Crippen molar-refractivity contribution in [2.75, 3.05) is 39.4 Å². The van der Waals surface area contributed by atoms with Crippen molar-refractivity contribution in [3.8, 4) is 22.3 Å². The summed E-state index contributed by atoms with van der Waals surface area (Å²) in [4.78, 5) is 81.3. The molecule has 0 bridgehead atoms. The van der Waals surface area contributed by atoms with Crippen LogP contribution >= 0.6 is 11.8 Å². The second kappa shape index (κ2) is 22.7. The molecule has 0 N–H and O–H groups in total. The topological polar surface area (TPSA) is 180 Å². The lowest BCUT2D eigenvalue weighted by Crippen LogP contribution is -2.39. The quantitative estimate of drug-likeness (QED) is 0.0451. The van der Waals surface area contributed by atoms with Gasteiger partial charge in [0.2, 0.25) is 11.8 Å². The first-order chi connectivity index (χ1) is 32.1. The van der Waals surface area contributed by atoms with Crippen molar-refractivity contribution in [1.29, 1.82) is 0 Å². The largest absolute Gasteiger partial charge is 0.466 e. The summed E-state index contributed by atoms with van der Waals surface area (Å²) in [6, 6.07) is 21.2. The number of nitro benzene ring substituents is 2. The number of hydrogen-bond acceptors (Lipinski definition) is 11. The molecule has 2 saturated heterocycles. The van der Waals surface area contributed by atoms with Crippen molar-refractivity contribution >= 4 is 59.0 Å². The fourth-order valence-electron chi connectivity index (χ4n) is 8.85. The van der Waals surface area contributed by atoms with Gasteiger partial charge in [-0.05, 0) is 109 Å². The fourth-order valence-corrected chi connectivity index (χ4v) is 9.90. The van der Waals surface area contributed by atoms with Crippen molar-refractivity contribution in [3.05, 3.63) is 127 Å². The molecule has 15 heteroatoms. The summed E-state index contributed by atoms with van der Waals surface area (Å²) >= 11 is 0.910. The van der Waals surface area contributed by atoms with Crippen LogP contribution in [0.5, 0.6) is 0 Å². The molecule has 0 atom stereocenters. The number of carbonyl (C=O) groups is 4. The molecule has 2 heterocycles. The molecular weight excluding hydrogens is 873 g/mol. The van der Waals surface area contributed by atoms with Crippen molar-refractivity contribution < 1.29 is 38.5 Å². The molecule has 0 saturated carbocycles. The Morgan fingerprint density at radius 3 is 1.30 bits per heavy atom. The van der Waals surface area contributed by atoms with Gasteiger partial charge in [-0.2, -0.15) is 0 Å². The lowest BCUT2D eigenvalue weighted by atomic mass is 9.89. The predicted octanol–water partition coefficient (Wildman–Crippen LogP) is 10.9.